The fraction of sp³-hybridized carbons (Fsp3) is 0.882. The van der Waals surface area contributed by atoms with Gasteiger partial charge in [-0.3, -0.25) is 0 Å². The summed E-state index contributed by atoms with van der Waals surface area (Å²) in [5, 5.41) is 0. The van der Waals surface area contributed by atoms with Crippen molar-refractivity contribution in [3.05, 3.63) is 0 Å². The van der Waals surface area contributed by atoms with Gasteiger partial charge in [-0.2, -0.15) is 0 Å². The van der Waals surface area contributed by atoms with Crippen molar-refractivity contribution in [2.24, 2.45) is 17.8 Å². The Bertz CT molecular complexity index is 358. The van der Waals surface area contributed by atoms with Crippen LogP contribution in [0.15, 0.2) is 0 Å². The van der Waals surface area contributed by atoms with Crippen LogP contribution in [-0.2, 0) is 0 Å². The lowest BCUT2D eigenvalue weighted by molar-refractivity contribution is 0.321. The molecule has 0 aliphatic heterocycles. The number of nitrogens with zero attached hydrogens (tertiary/aromatic N) is 2. The van der Waals surface area contributed by atoms with Crippen molar-refractivity contribution in [1.82, 2.24) is 9.80 Å². The molecule has 0 aromatic rings. The molecule has 0 rings (SSSR count). The Morgan fingerprint density at radius 1 is 0.696 bits per heavy atom. The number of hydrogen-bond donors (Lipinski definition) is 0. The molecular formula is C17H34N2S4. The minimum Gasteiger partial charge on any atom is -0.356 e. The summed E-state index contributed by atoms with van der Waals surface area (Å²) >= 11 is 11.3. The van der Waals surface area contributed by atoms with Gasteiger partial charge in [0.2, 0.25) is 0 Å². The second-order valence-electron chi connectivity index (χ2n) is 7.53. The van der Waals surface area contributed by atoms with Crippen molar-refractivity contribution in [2.75, 3.05) is 19.6 Å². The van der Waals surface area contributed by atoms with E-state index in [4.69, 9.17) is 24.4 Å². The van der Waals surface area contributed by atoms with E-state index in [1.54, 1.807) is 21.6 Å². The highest BCUT2D eigenvalue weighted by molar-refractivity contribution is 8.89. The molecule has 0 saturated heterocycles. The fourth-order valence-corrected chi connectivity index (χ4v) is 5.02. The van der Waals surface area contributed by atoms with Crippen molar-refractivity contribution < 1.29 is 0 Å². The predicted molar refractivity (Wildman–Crippen MR) is 118 cm³/mol. The van der Waals surface area contributed by atoms with Gasteiger partial charge < -0.3 is 9.80 Å². The van der Waals surface area contributed by atoms with E-state index in [1.165, 1.54) is 0 Å². The van der Waals surface area contributed by atoms with Crippen LogP contribution in [0.1, 0.15) is 55.4 Å². The molecule has 2 nitrogen and oxygen atoms in total. The Morgan fingerprint density at radius 2 is 1.09 bits per heavy atom. The number of thiocarbonyl (C=S) groups is 2. The Kier molecular flexibility index (Phi) is 12.2. The van der Waals surface area contributed by atoms with Gasteiger partial charge in [-0.15, -0.1) is 0 Å². The summed E-state index contributed by atoms with van der Waals surface area (Å²) in [6.45, 7) is 20.8. The topological polar surface area (TPSA) is 6.48 Å². The van der Waals surface area contributed by atoms with Crippen molar-refractivity contribution >= 4 is 54.7 Å². The van der Waals surface area contributed by atoms with Crippen molar-refractivity contribution in [3.63, 3.8) is 0 Å². The largest absolute Gasteiger partial charge is 0.356 e. The number of hydrogen-bond acceptors (Lipinski definition) is 4. The molecular weight excluding hydrogens is 360 g/mol. The first-order valence-corrected chi connectivity index (χ1v) is 11.4. The van der Waals surface area contributed by atoms with Crippen LogP contribution in [0.5, 0.6) is 0 Å². The molecule has 0 aliphatic carbocycles. The van der Waals surface area contributed by atoms with E-state index in [2.05, 4.69) is 65.2 Å². The molecule has 23 heavy (non-hydrogen) atoms. The third-order valence-electron chi connectivity index (χ3n) is 3.03. The Labute approximate surface area is 162 Å². The summed E-state index contributed by atoms with van der Waals surface area (Å²) in [5.41, 5.74) is 0. The van der Waals surface area contributed by atoms with E-state index < -0.39 is 0 Å². The summed E-state index contributed by atoms with van der Waals surface area (Å²) < 4.78 is 1.89. The lowest BCUT2D eigenvalue weighted by atomic mass is 10.1. The molecule has 0 unspecified atom stereocenters. The molecule has 0 aliphatic rings. The molecule has 136 valence electrons. The van der Waals surface area contributed by atoms with Crippen LogP contribution in [0.2, 0.25) is 0 Å². The second kappa shape index (κ2) is 11.9. The number of rotatable bonds is 7. The van der Waals surface area contributed by atoms with Gasteiger partial charge in [0.15, 0.2) is 0 Å². The van der Waals surface area contributed by atoms with Crippen LogP contribution < -0.4 is 0 Å². The molecule has 0 N–H and O–H groups in total. The summed E-state index contributed by atoms with van der Waals surface area (Å²) in [6.07, 6.45) is 0. The minimum atomic E-state index is 0.425. The van der Waals surface area contributed by atoms with Gasteiger partial charge in [0.1, 0.15) is 8.64 Å². The molecule has 0 aromatic heterocycles. The predicted octanol–water partition coefficient (Wildman–Crippen LogP) is 5.92. The molecule has 0 spiro atoms. The SMILES string of the molecule is CC(C)CN(CC(C)C)C(=S)SSC(=S)N(CC(C)C)C(C)C. The summed E-state index contributed by atoms with van der Waals surface area (Å²) in [5.74, 6) is 1.82. The standard InChI is InChI=1S/C17H34N2S4/c1-12(2)9-18(10-13(3)4)16(20)22-23-17(21)19(15(7)8)11-14(5)6/h12-15H,9-11H2,1-8H3. The molecule has 0 amide bonds. The molecule has 0 heterocycles. The molecule has 0 atom stereocenters. The van der Waals surface area contributed by atoms with E-state index in [9.17, 15) is 0 Å². The van der Waals surface area contributed by atoms with Gasteiger partial charge in [-0.25, -0.2) is 0 Å². The monoisotopic (exact) mass is 394 g/mol. The zero-order valence-electron chi connectivity index (χ0n) is 16.0. The normalized spacial score (nSPS) is 11.7. The Morgan fingerprint density at radius 3 is 1.43 bits per heavy atom. The molecule has 0 saturated carbocycles. The third kappa shape index (κ3) is 10.8. The smallest absolute Gasteiger partial charge is 0.147 e. The summed E-state index contributed by atoms with van der Waals surface area (Å²) in [4.78, 5) is 4.63. The van der Waals surface area contributed by atoms with Gasteiger partial charge in [0, 0.05) is 25.7 Å². The summed E-state index contributed by atoms with van der Waals surface area (Å²) in [7, 11) is 3.28. The summed E-state index contributed by atoms with van der Waals surface area (Å²) in [6, 6.07) is 0.425. The second-order valence-corrected chi connectivity index (χ2v) is 10.9. The maximum atomic E-state index is 5.66. The first-order valence-electron chi connectivity index (χ1n) is 8.48. The Hall–Kier alpha value is 0.480. The van der Waals surface area contributed by atoms with Crippen LogP contribution in [0.3, 0.4) is 0 Å². The van der Waals surface area contributed by atoms with E-state index in [1.807, 2.05) is 0 Å². The van der Waals surface area contributed by atoms with Crippen LogP contribution in [0.25, 0.3) is 0 Å². The lowest BCUT2D eigenvalue weighted by Gasteiger charge is -2.31. The van der Waals surface area contributed by atoms with Gasteiger partial charge in [0.05, 0.1) is 0 Å². The van der Waals surface area contributed by atoms with Crippen LogP contribution >= 0.6 is 46.0 Å². The quantitative estimate of drug-likeness (QED) is 0.388. The van der Waals surface area contributed by atoms with E-state index in [-0.39, 0.29) is 0 Å². The highest BCUT2D eigenvalue weighted by Gasteiger charge is 2.19. The van der Waals surface area contributed by atoms with Crippen LogP contribution in [-0.4, -0.2) is 44.1 Å². The van der Waals surface area contributed by atoms with E-state index in [0.717, 1.165) is 28.3 Å². The van der Waals surface area contributed by atoms with Gasteiger partial charge in [-0.1, -0.05) is 66.0 Å². The van der Waals surface area contributed by atoms with Gasteiger partial charge in [-0.05, 0) is 53.2 Å². The fourth-order valence-electron chi connectivity index (χ4n) is 2.17. The minimum absolute atomic E-state index is 0.425. The first-order chi connectivity index (χ1) is 10.5. The maximum Gasteiger partial charge on any atom is 0.147 e. The molecule has 0 aromatic carbocycles. The van der Waals surface area contributed by atoms with Crippen molar-refractivity contribution in [2.45, 2.75) is 61.4 Å². The molecule has 0 bridgehead atoms. The highest BCUT2D eigenvalue weighted by Crippen LogP contribution is 2.30. The van der Waals surface area contributed by atoms with E-state index >= 15 is 0 Å². The van der Waals surface area contributed by atoms with E-state index in [0.29, 0.717) is 23.8 Å². The molecule has 6 heteroatoms. The molecule has 0 radical (unpaired) electrons. The average molecular weight is 395 g/mol. The highest BCUT2D eigenvalue weighted by atomic mass is 33.1. The van der Waals surface area contributed by atoms with Gasteiger partial charge >= 0.3 is 0 Å². The van der Waals surface area contributed by atoms with Crippen molar-refractivity contribution in [1.29, 1.82) is 0 Å². The average Bonchev–Trinajstić information content (AvgIpc) is 2.39. The maximum absolute atomic E-state index is 5.66. The lowest BCUT2D eigenvalue weighted by Crippen LogP contribution is -2.37. The van der Waals surface area contributed by atoms with Crippen LogP contribution in [0.4, 0.5) is 0 Å². The molecule has 0 fully saturated rings. The van der Waals surface area contributed by atoms with Crippen molar-refractivity contribution in [3.8, 4) is 0 Å². The third-order valence-corrected chi connectivity index (χ3v) is 6.72. The zero-order chi connectivity index (χ0) is 18.2. The first kappa shape index (κ1) is 23.5. The van der Waals surface area contributed by atoms with Crippen LogP contribution in [0, 0.1) is 17.8 Å². The zero-order valence-corrected chi connectivity index (χ0v) is 19.2. The Balaban J connectivity index is 4.64. The van der Waals surface area contributed by atoms with Gasteiger partial charge in [0.25, 0.3) is 0 Å².